The summed E-state index contributed by atoms with van der Waals surface area (Å²) in [4.78, 5) is 0. The van der Waals surface area contributed by atoms with E-state index in [0.29, 0.717) is 5.69 Å². The molecule has 0 aromatic heterocycles. The summed E-state index contributed by atoms with van der Waals surface area (Å²) in [5, 5.41) is 4.23. The van der Waals surface area contributed by atoms with Gasteiger partial charge in [-0.1, -0.05) is 0 Å². The van der Waals surface area contributed by atoms with Gasteiger partial charge in [-0.2, -0.15) is 0 Å². The Balaban J connectivity index is 2.26. The number of anilines is 1. The standard InChI is InChI=1S/C24H21ClNP/c25-27(20-12-4-1-5-13-20,21-14-6-2-7-15-21,22-16-8-3-9-17-22)24-19-11-10-18-23(24)26/h1-19H,26H2. The van der Waals surface area contributed by atoms with Crippen molar-refractivity contribution in [1.82, 2.24) is 0 Å². The van der Waals surface area contributed by atoms with Crippen LogP contribution in [0.5, 0.6) is 0 Å². The molecular weight excluding hydrogens is 369 g/mol. The number of halogens is 1. The van der Waals surface area contributed by atoms with Crippen molar-refractivity contribution in [3.63, 3.8) is 0 Å². The first-order valence-corrected chi connectivity index (χ1v) is 12.1. The minimum atomic E-state index is -3.52. The van der Waals surface area contributed by atoms with Crippen molar-refractivity contribution < 1.29 is 0 Å². The molecule has 4 rings (SSSR count). The Bertz CT molecular complexity index is 950. The number of benzene rings is 4. The van der Waals surface area contributed by atoms with E-state index >= 15 is 0 Å². The Hall–Kier alpha value is -2.60. The third-order valence-corrected chi connectivity index (χ3v) is 12.5. The van der Waals surface area contributed by atoms with Crippen LogP contribution in [-0.2, 0) is 0 Å². The van der Waals surface area contributed by atoms with Gasteiger partial charge >= 0.3 is 165 Å². The molecule has 0 radical (unpaired) electrons. The van der Waals surface area contributed by atoms with Gasteiger partial charge in [0.05, 0.1) is 0 Å². The van der Waals surface area contributed by atoms with Gasteiger partial charge in [-0.05, 0) is 0 Å². The summed E-state index contributed by atoms with van der Waals surface area (Å²) in [6.45, 7) is 0. The number of nitrogens with two attached hydrogens (primary N) is 1. The summed E-state index contributed by atoms with van der Waals surface area (Å²) < 4.78 is 0. The third-order valence-electron chi connectivity index (χ3n) is 5.11. The van der Waals surface area contributed by atoms with E-state index in [1.54, 1.807) is 0 Å². The zero-order valence-corrected chi connectivity index (χ0v) is 16.5. The van der Waals surface area contributed by atoms with Crippen molar-refractivity contribution in [2.75, 3.05) is 5.73 Å². The number of rotatable bonds is 4. The predicted octanol–water partition coefficient (Wildman–Crippen LogP) is 4.58. The Morgan fingerprint density at radius 2 is 0.815 bits per heavy atom. The third kappa shape index (κ3) is 2.58. The molecule has 0 aliphatic rings. The molecule has 0 spiro atoms. The van der Waals surface area contributed by atoms with Gasteiger partial charge in [0.1, 0.15) is 0 Å². The van der Waals surface area contributed by atoms with Crippen molar-refractivity contribution in [1.29, 1.82) is 0 Å². The Kier molecular flexibility index (Phi) is 4.52. The van der Waals surface area contributed by atoms with E-state index in [0.717, 1.165) is 21.2 Å². The maximum absolute atomic E-state index is 8.06. The normalized spacial score (nSPS) is 12.9. The topological polar surface area (TPSA) is 26.0 Å². The molecule has 0 unspecified atom stereocenters. The second-order valence-corrected chi connectivity index (χ2v) is 12.7. The van der Waals surface area contributed by atoms with Crippen LogP contribution < -0.4 is 27.0 Å². The molecule has 0 bridgehead atoms. The quantitative estimate of drug-likeness (QED) is 0.401. The van der Waals surface area contributed by atoms with E-state index in [2.05, 4.69) is 42.5 Å². The molecular formula is C24H21ClNP. The van der Waals surface area contributed by atoms with Gasteiger partial charge in [0, 0.05) is 0 Å². The fourth-order valence-electron chi connectivity index (χ4n) is 3.86. The van der Waals surface area contributed by atoms with E-state index in [4.69, 9.17) is 17.0 Å². The number of hydrogen-bond donors (Lipinski definition) is 1. The average Bonchev–Trinajstić information content (AvgIpc) is 2.75. The first-order chi connectivity index (χ1) is 13.2. The van der Waals surface area contributed by atoms with Crippen LogP contribution in [0.25, 0.3) is 0 Å². The van der Waals surface area contributed by atoms with Gasteiger partial charge in [0.15, 0.2) is 0 Å². The Morgan fingerprint density at radius 3 is 1.19 bits per heavy atom. The van der Waals surface area contributed by atoms with E-state index in [1.807, 2.05) is 72.8 Å². The van der Waals surface area contributed by atoms with Gasteiger partial charge < -0.3 is 0 Å². The van der Waals surface area contributed by atoms with Crippen molar-refractivity contribution in [2.45, 2.75) is 0 Å². The fraction of sp³-hybridized carbons (Fsp3) is 0. The van der Waals surface area contributed by atoms with E-state index < -0.39 is 5.96 Å². The van der Waals surface area contributed by atoms with Gasteiger partial charge in [-0.25, -0.2) is 0 Å². The number of para-hydroxylation sites is 1. The van der Waals surface area contributed by atoms with Crippen LogP contribution in [0.2, 0.25) is 0 Å². The van der Waals surface area contributed by atoms with Crippen molar-refractivity contribution in [2.24, 2.45) is 0 Å². The molecule has 0 amide bonds. The molecule has 27 heavy (non-hydrogen) atoms. The van der Waals surface area contributed by atoms with Gasteiger partial charge in [-0.3, -0.25) is 0 Å². The van der Waals surface area contributed by atoms with Crippen LogP contribution in [0.3, 0.4) is 0 Å². The first-order valence-electron chi connectivity index (χ1n) is 8.91. The molecule has 2 N–H and O–H groups in total. The maximum atomic E-state index is 8.06. The first kappa shape index (κ1) is 17.8. The SMILES string of the molecule is Nc1ccccc1P(Cl)(c1ccccc1)(c1ccccc1)c1ccccc1. The molecule has 1 nitrogen and oxygen atoms in total. The number of hydrogen-bond acceptors (Lipinski definition) is 1. The predicted molar refractivity (Wildman–Crippen MR) is 121 cm³/mol. The van der Waals surface area contributed by atoms with Gasteiger partial charge in [0.25, 0.3) is 0 Å². The second kappa shape index (κ2) is 6.85. The van der Waals surface area contributed by atoms with Gasteiger partial charge in [0.2, 0.25) is 0 Å². The van der Waals surface area contributed by atoms with E-state index in [1.165, 1.54) is 0 Å². The minimum absolute atomic E-state index is 0.710. The molecule has 0 atom stereocenters. The van der Waals surface area contributed by atoms with Crippen LogP contribution in [0, 0.1) is 0 Å². The summed E-state index contributed by atoms with van der Waals surface area (Å²) in [5.74, 6) is -3.52. The Morgan fingerprint density at radius 1 is 0.481 bits per heavy atom. The van der Waals surface area contributed by atoms with Crippen molar-refractivity contribution in [3.8, 4) is 0 Å². The molecule has 3 heteroatoms. The van der Waals surface area contributed by atoms with Gasteiger partial charge in [-0.15, -0.1) is 0 Å². The average molecular weight is 390 g/mol. The molecule has 4 aromatic rings. The van der Waals surface area contributed by atoms with Crippen LogP contribution in [0.15, 0.2) is 115 Å². The fourth-order valence-corrected chi connectivity index (χ4v) is 10.2. The summed E-state index contributed by atoms with van der Waals surface area (Å²) in [6.07, 6.45) is 0. The number of nitrogen functional groups attached to an aromatic ring is 1. The molecule has 0 aliphatic carbocycles. The molecule has 0 heterocycles. The van der Waals surface area contributed by atoms with Crippen LogP contribution in [0.1, 0.15) is 0 Å². The van der Waals surface area contributed by atoms with E-state index in [-0.39, 0.29) is 0 Å². The van der Waals surface area contributed by atoms with Crippen LogP contribution >= 0.6 is 17.2 Å². The van der Waals surface area contributed by atoms with E-state index in [9.17, 15) is 0 Å². The monoisotopic (exact) mass is 389 g/mol. The van der Waals surface area contributed by atoms with Crippen molar-refractivity contribution >= 4 is 44.1 Å². The second-order valence-electron chi connectivity index (χ2n) is 6.57. The summed E-state index contributed by atoms with van der Waals surface area (Å²) in [5.41, 5.74) is 7.26. The summed E-state index contributed by atoms with van der Waals surface area (Å²) in [6, 6.07) is 39.1. The molecule has 0 aliphatic heterocycles. The summed E-state index contributed by atoms with van der Waals surface area (Å²) in [7, 11) is 0. The zero-order valence-electron chi connectivity index (χ0n) is 14.9. The molecule has 134 valence electrons. The summed E-state index contributed by atoms with van der Waals surface area (Å²) >= 11 is 8.06. The van der Waals surface area contributed by atoms with Crippen LogP contribution in [-0.4, -0.2) is 0 Å². The molecule has 0 fully saturated rings. The molecule has 0 saturated heterocycles. The van der Waals surface area contributed by atoms with Crippen molar-refractivity contribution in [3.05, 3.63) is 115 Å². The van der Waals surface area contributed by atoms with Crippen LogP contribution in [0.4, 0.5) is 5.69 Å². The molecule has 4 aromatic carbocycles. The zero-order chi connectivity index (χ0) is 18.8. The molecule has 0 saturated carbocycles. The Labute approximate surface area is 165 Å².